The number of hydrogen-bond donors (Lipinski definition) is 1. The molecule has 24 heavy (non-hydrogen) atoms. The molecule has 0 bridgehead atoms. The van der Waals surface area contributed by atoms with Crippen molar-refractivity contribution in [3.63, 3.8) is 0 Å². The molecule has 3 rings (SSSR count). The van der Waals surface area contributed by atoms with E-state index in [1.54, 1.807) is 6.07 Å². The van der Waals surface area contributed by atoms with Gasteiger partial charge in [0.15, 0.2) is 10.7 Å². The van der Waals surface area contributed by atoms with Crippen LogP contribution in [0.15, 0.2) is 40.5 Å². The quantitative estimate of drug-likeness (QED) is 0.505. The van der Waals surface area contributed by atoms with E-state index >= 15 is 0 Å². The van der Waals surface area contributed by atoms with Crippen LogP contribution in [0, 0.1) is 17.2 Å². The molecule has 1 saturated carbocycles. The molecule has 5 nitrogen and oxygen atoms in total. The molecule has 0 aromatic heterocycles. The highest BCUT2D eigenvalue weighted by Gasteiger charge is 2.25. The highest BCUT2D eigenvalue weighted by Crippen LogP contribution is 2.32. The first kappa shape index (κ1) is 16.5. The second kappa shape index (κ2) is 7.50. The molecule has 6 heteroatoms. The Morgan fingerprint density at radius 3 is 2.83 bits per heavy atom. The maximum Gasteiger partial charge on any atom is 0.351 e. The van der Waals surface area contributed by atoms with E-state index in [-0.39, 0.29) is 16.4 Å². The number of allylic oxidation sites excluding steroid dienone is 1. The van der Waals surface area contributed by atoms with Crippen molar-refractivity contribution >= 4 is 34.1 Å². The maximum absolute atomic E-state index is 12.3. The number of anilines is 1. The Morgan fingerprint density at radius 1 is 1.33 bits per heavy atom. The molecule has 1 aliphatic carbocycles. The Hall–Kier alpha value is -2.32. The number of ether oxygens (including phenoxy) is 1. The lowest BCUT2D eigenvalue weighted by molar-refractivity contribution is -0.140. The van der Waals surface area contributed by atoms with E-state index in [1.807, 2.05) is 24.3 Å². The zero-order chi connectivity index (χ0) is 16.9. The SMILES string of the molecule is N#C/C(C(=O)OCC1CCCCC1)=C1\Nc2ccccc2N=C1Cl. The second-order valence-electron chi connectivity index (χ2n) is 6.01. The monoisotopic (exact) mass is 343 g/mol. The molecule has 1 aromatic rings. The van der Waals surface area contributed by atoms with Gasteiger partial charge in [0, 0.05) is 0 Å². The number of nitrogens with zero attached hydrogens (tertiary/aromatic N) is 2. The van der Waals surface area contributed by atoms with Crippen LogP contribution in [0.4, 0.5) is 11.4 Å². The molecule has 0 atom stereocenters. The first-order valence-corrected chi connectivity index (χ1v) is 8.49. The molecule has 1 fully saturated rings. The van der Waals surface area contributed by atoms with Crippen LogP contribution < -0.4 is 5.32 Å². The van der Waals surface area contributed by atoms with Gasteiger partial charge in [0.25, 0.3) is 0 Å². The number of esters is 1. The fraction of sp³-hybridized carbons (Fsp3) is 0.389. The number of benzene rings is 1. The van der Waals surface area contributed by atoms with Crippen molar-refractivity contribution in [3.8, 4) is 6.07 Å². The van der Waals surface area contributed by atoms with Gasteiger partial charge in [-0.15, -0.1) is 0 Å². The third kappa shape index (κ3) is 3.60. The van der Waals surface area contributed by atoms with Gasteiger partial charge >= 0.3 is 5.97 Å². The van der Waals surface area contributed by atoms with Crippen LogP contribution in [0.2, 0.25) is 0 Å². The molecule has 0 spiro atoms. The average molecular weight is 344 g/mol. The Balaban J connectivity index is 1.76. The third-order valence-corrected chi connectivity index (χ3v) is 4.60. The highest BCUT2D eigenvalue weighted by molar-refractivity contribution is 6.70. The van der Waals surface area contributed by atoms with Crippen molar-refractivity contribution in [1.82, 2.24) is 0 Å². The molecule has 0 unspecified atom stereocenters. The minimum absolute atomic E-state index is 0.0832. The van der Waals surface area contributed by atoms with Crippen LogP contribution >= 0.6 is 11.6 Å². The van der Waals surface area contributed by atoms with Crippen LogP contribution in [0.1, 0.15) is 32.1 Å². The summed E-state index contributed by atoms with van der Waals surface area (Å²) in [6.07, 6.45) is 5.73. The van der Waals surface area contributed by atoms with E-state index in [0.717, 1.165) is 12.8 Å². The van der Waals surface area contributed by atoms with Gasteiger partial charge in [-0.3, -0.25) is 0 Å². The lowest BCUT2D eigenvalue weighted by Gasteiger charge is -2.21. The van der Waals surface area contributed by atoms with Crippen molar-refractivity contribution in [3.05, 3.63) is 35.5 Å². The van der Waals surface area contributed by atoms with E-state index < -0.39 is 5.97 Å². The van der Waals surface area contributed by atoms with Crippen LogP contribution in [0.25, 0.3) is 0 Å². The summed E-state index contributed by atoms with van der Waals surface area (Å²) in [7, 11) is 0. The summed E-state index contributed by atoms with van der Waals surface area (Å²) in [5.41, 5.74) is 1.42. The van der Waals surface area contributed by atoms with Crippen LogP contribution in [0.5, 0.6) is 0 Å². The lowest BCUT2D eigenvalue weighted by atomic mass is 9.90. The van der Waals surface area contributed by atoms with Crippen LogP contribution in [-0.4, -0.2) is 17.7 Å². The number of fused-ring (bicyclic) bond motifs is 1. The smallest absolute Gasteiger partial charge is 0.351 e. The Bertz CT molecular complexity index is 743. The average Bonchev–Trinajstić information content (AvgIpc) is 2.62. The standard InChI is InChI=1S/C18H18ClN3O2/c19-17-16(21-14-8-4-5-9-15(14)22-17)13(10-20)18(23)24-11-12-6-2-1-3-7-12/h4-5,8-9,12,21H,1-3,6-7,11H2/b16-13+. The first-order chi connectivity index (χ1) is 11.7. The Labute approximate surface area is 146 Å². The highest BCUT2D eigenvalue weighted by atomic mass is 35.5. The van der Waals surface area contributed by atoms with E-state index in [1.165, 1.54) is 19.3 Å². The molecule has 1 heterocycles. The van der Waals surface area contributed by atoms with Crippen molar-refractivity contribution in [2.75, 3.05) is 11.9 Å². The molecular formula is C18H18ClN3O2. The molecule has 1 aromatic carbocycles. The number of nitriles is 1. The van der Waals surface area contributed by atoms with Crippen molar-refractivity contribution in [1.29, 1.82) is 5.26 Å². The zero-order valence-corrected chi connectivity index (χ0v) is 14.0. The predicted octanol–water partition coefficient (Wildman–Crippen LogP) is 4.28. The van der Waals surface area contributed by atoms with E-state index in [9.17, 15) is 10.1 Å². The van der Waals surface area contributed by atoms with Crippen molar-refractivity contribution in [2.24, 2.45) is 10.9 Å². The Morgan fingerprint density at radius 2 is 2.08 bits per heavy atom. The van der Waals surface area contributed by atoms with E-state index in [2.05, 4.69) is 10.3 Å². The van der Waals surface area contributed by atoms with Crippen molar-refractivity contribution in [2.45, 2.75) is 32.1 Å². The number of halogens is 1. The number of aliphatic imine (C=N–C) groups is 1. The lowest BCUT2D eigenvalue weighted by Crippen LogP contribution is -2.21. The number of nitrogens with one attached hydrogen (secondary N) is 1. The van der Waals surface area contributed by atoms with Crippen molar-refractivity contribution < 1.29 is 9.53 Å². The molecule has 0 saturated heterocycles. The number of para-hydroxylation sites is 2. The Kier molecular flexibility index (Phi) is 5.17. The first-order valence-electron chi connectivity index (χ1n) is 8.11. The second-order valence-corrected chi connectivity index (χ2v) is 6.37. The van der Waals surface area contributed by atoms with E-state index in [4.69, 9.17) is 16.3 Å². The number of rotatable bonds is 3. The summed E-state index contributed by atoms with van der Waals surface area (Å²) in [5.74, 6) is -0.268. The van der Waals surface area contributed by atoms with Crippen LogP contribution in [-0.2, 0) is 9.53 Å². The number of hydrogen-bond acceptors (Lipinski definition) is 5. The van der Waals surface area contributed by atoms with Gasteiger partial charge in [-0.1, -0.05) is 43.0 Å². The van der Waals surface area contributed by atoms with Gasteiger partial charge in [0.05, 0.1) is 18.0 Å². The largest absolute Gasteiger partial charge is 0.461 e. The number of carbonyl (C=O) groups excluding carboxylic acids is 1. The normalized spacial score (nSPS) is 19.4. The maximum atomic E-state index is 12.3. The van der Waals surface area contributed by atoms with Crippen LogP contribution in [0.3, 0.4) is 0 Å². The minimum Gasteiger partial charge on any atom is -0.461 e. The van der Waals surface area contributed by atoms with Gasteiger partial charge in [-0.25, -0.2) is 9.79 Å². The summed E-state index contributed by atoms with van der Waals surface area (Å²) in [5, 5.41) is 12.5. The molecule has 1 aliphatic heterocycles. The summed E-state index contributed by atoms with van der Waals surface area (Å²) >= 11 is 6.15. The summed E-state index contributed by atoms with van der Waals surface area (Å²) in [6, 6.07) is 9.19. The van der Waals surface area contributed by atoms with Gasteiger partial charge in [-0.2, -0.15) is 5.26 Å². The molecule has 124 valence electrons. The third-order valence-electron chi connectivity index (χ3n) is 4.33. The minimum atomic E-state index is -0.654. The summed E-state index contributed by atoms with van der Waals surface area (Å²) in [4.78, 5) is 16.5. The van der Waals surface area contributed by atoms with Gasteiger partial charge < -0.3 is 10.1 Å². The molecule has 0 amide bonds. The molecule has 2 aliphatic rings. The molecule has 0 radical (unpaired) electrons. The predicted molar refractivity (Wildman–Crippen MR) is 93.2 cm³/mol. The topological polar surface area (TPSA) is 74.5 Å². The summed E-state index contributed by atoms with van der Waals surface area (Å²) < 4.78 is 5.35. The molecule has 1 N–H and O–H groups in total. The van der Waals surface area contributed by atoms with Gasteiger partial charge in [0.1, 0.15) is 11.8 Å². The fourth-order valence-electron chi connectivity index (χ4n) is 3.01. The van der Waals surface area contributed by atoms with E-state index in [0.29, 0.717) is 23.9 Å². The summed E-state index contributed by atoms with van der Waals surface area (Å²) in [6.45, 7) is 0.350. The molecular weight excluding hydrogens is 326 g/mol. The zero-order valence-electron chi connectivity index (χ0n) is 13.2. The number of carbonyl (C=O) groups is 1. The van der Waals surface area contributed by atoms with Gasteiger partial charge in [-0.05, 0) is 30.9 Å². The fourth-order valence-corrected chi connectivity index (χ4v) is 3.25. The van der Waals surface area contributed by atoms with Gasteiger partial charge in [0.2, 0.25) is 0 Å².